The smallest absolute Gasteiger partial charge is 0.332 e. The number of carbonyl (C=O) groups excluding carboxylic acids is 1. The number of nitrogens with zero attached hydrogens (tertiary/aromatic N) is 1. The number of amides is 2. The minimum Gasteiger partial charge on any atom is -0.350 e. The van der Waals surface area contributed by atoms with E-state index in [0.29, 0.717) is 0 Å². The molecule has 0 aromatic heterocycles. The standard InChI is InChI=1S/C12H19N3OSi/c1-9(14-15-12(13)16)10-6-5-7-11(8-10)17(2,3)4/h5-8H,1-4H3,(H3,13,15,16). The molecule has 1 aromatic rings. The van der Waals surface area contributed by atoms with Crippen LogP contribution >= 0.6 is 0 Å². The van der Waals surface area contributed by atoms with Crippen LogP contribution in [0.15, 0.2) is 29.4 Å². The Kier molecular flexibility index (Phi) is 4.06. The van der Waals surface area contributed by atoms with Gasteiger partial charge in [-0.2, -0.15) is 5.10 Å². The Labute approximate surface area is 103 Å². The lowest BCUT2D eigenvalue weighted by atomic mass is 10.1. The number of nitrogens with two attached hydrogens (primary N) is 1. The van der Waals surface area contributed by atoms with E-state index in [2.05, 4.69) is 42.3 Å². The van der Waals surface area contributed by atoms with Crippen molar-refractivity contribution in [3.8, 4) is 0 Å². The average molecular weight is 249 g/mol. The summed E-state index contributed by atoms with van der Waals surface area (Å²) in [4.78, 5) is 10.6. The van der Waals surface area contributed by atoms with Crippen LogP contribution in [0.4, 0.5) is 4.79 Å². The van der Waals surface area contributed by atoms with E-state index in [9.17, 15) is 4.79 Å². The first-order valence-corrected chi connectivity index (χ1v) is 9.01. The minimum atomic E-state index is -1.32. The summed E-state index contributed by atoms with van der Waals surface area (Å²) >= 11 is 0. The Morgan fingerprint density at radius 3 is 2.53 bits per heavy atom. The first-order valence-electron chi connectivity index (χ1n) is 5.51. The summed E-state index contributed by atoms with van der Waals surface area (Å²) in [5.74, 6) is 0. The van der Waals surface area contributed by atoms with E-state index in [-0.39, 0.29) is 0 Å². The number of hydrogen-bond donors (Lipinski definition) is 2. The first-order chi connectivity index (χ1) is 7.80. The fourth-order valence-corrected chi connectivity index (χ4v) is 2.60. The van der Waals surface area contributed by atoms with Gasteiger partial charge in [0.1, 0.15) is 0 Å². The molecule has 1 rings (SSSR count). The van der Waals surface area contributed by atoms with Crippen LogP contribution in [-0.2, 0) is 0 Å². The summed E-state index contributed by atoms with van der Waals surface area (Å²) in [6, 6.07) is 7.63. The molecule has 0 saturated heterocycles. The van der Waals surface area contributed by atoms with Gasteiger partial charge in [-0.05, 0) is 12.5 Å². The van der Waals surface area contributed by atoms with Gasteiger partial charge >= 0.3 is 6.03 Å². The number of benzene rings is 1. The molecule has 0 bridgehead atoms. The fourth-order valence-electron chi connectivity index (χ4n) is 1.41. The van der Waals surface area contributed by atoms with E-state index >= 15 is 0 Å². The number of rotatable bonds is 3. The van der Waals surface area contributed by atoms with Crippen LogP contribution in [0, 0.1) is 0 Å². The zero-order valence-corrected chi connectivity index (χ0v) is 11.7. The van der Waals surface area contributed by atoms with Crippen molar-refractivity contribution in [2.45, 2.75) is 26.6 Å². The quantitative estimate of drug-likeness (QED) is 0.477. The minimum absolute atomic E-state index is 0.647. The number of nitrogens with one attached hydrogen (secondary N) is 1. The lowest BCUT2D eigenvalue weighted by Crippen LogP contribution is -2.37. The molecule has 0 aliphatic heterocycles. The Morgan fingerprint density at radius 1 is 1.35 bits per heavy atom. The Hall–Kier alpha value is -1.62. The van der Waals surface area contributed by atoms with Crippen molar-refractivity contribution in [1.82, 2.24) is 5.43 Å². The Balaban J connectivity index is 3.00. The molecule has 0 spiro atoms. The molecule has 17 heavy (non-hydrogen) atoms. The van der Waals surface area contributed by atoms with Crippen LogP contribution in [0.25, 0.3) is 0 Å². The maximum absolute atomic E-state index is 10.6. The van der Waals surface area contributed by atoms with Gasteiger partial charge in [-0.1, -0.05) is 49.1 Å². The molecule has 0 radical (unpaired) electrons. The van der Waals surface area contributed by atoms with Crippen molar-refractivity contribution in [2.75, 3.05) is 0 Å². The van der Waals surface area contributed by atoms with Crippen molar-refractivity contribution in [2.24, 2.45) is 10.8 Å². The Morgan fingerprint density at radius 2 is 2.00 bits per heavy atom. The molecule has 0 saturated carbocycles. The van der Waals surface area contributed by atoms with E-state index in [0.717, 1.165) is 11.3 Å². The summed E-state index contributed by atoms with van der Waals surface area (Å²) in [7, 11) is -1.32. The normalized spacial score (nSPS) is 12.4. The van der Waals surface area contributed by atoms with Crippen molar-refractivity contribution in [3.63, 3.8) is 0 Å². The number of carbonyl (C=O) groups is 1. The van der Waals surface area contributed by atoms with Gasteiger partial charge in [-0.3, -0.25) is 0 Å². The monoisotopic (exact) mass is 249 g/mol. The molecular formula is C12H19N3OSi. The van der Waals surface area contributed by atoms with E-state index in [1.807, 2.05) is 19.1 Å². The topological polar surface area (TPSA) is 67.5 Å². The van der Waals surface area contributed by atoms with Crippen LogP contribution in [-0.4, -0.2) is 19.8 Å². The third kappa shape index (κ3) is 4.03. The average Bonchev–Trinajstić information content (AvgIpc) is 2.25. The van der Waals surface area contributed by atoms with E-state index in [1.54, 1.807) is 0 Å². The lowest BCUT2D eigenvalue weighted by molar-refractivity contribution is 0.249. The van der Waals surface area contributed by atoms with Crippen LogP contribution in [0.3, 0.4) is 0 Å². The van der Waals surface area contributed by atoms with Gasteiger partial charge in [0.25, 0.3) is 0 Å². The van der Waals surface area contributed by atoms with Gasteiger partial charge in [0, 0.05) is 0 Å². The highest BCUT2D eigenvalue weighted by Crippen LogP contribution is 2.06. The van der Waals surface area contributed by atoms with Crippen LogP contribution in [0.2, 0.25) is 19.6 Å². The lowest BCUT2D eigenvalue weighted by Gasteiger charge is -2.17. The summed E-state index contributed by atoms with van der Waals surface area (Å²) in [6.45, 7) is 8.72. The molecule has 5 heteroatoms. The summed E-state index contributed by atoms with van der Waals surface area (Å²) in [5.41, 5.74) is 8.97. The molecule has 0 fully saturated rings. The highest BCUT2D eigenvalue weighted by atomic mass is 28.3. The van der Waals surface area contributed by atoms with Gasteiger partial charge < -0.3 is 5.73 Å². The first kappa shape index (κ1) is 13.4. The number of urea groups is 1. The van der Waals surface area contributed by atoms with E-state index in [4.69, 9.17) is 5.73 Å². The molecule has 0 heterocycles. The molecule has 3 N–H and O–H groups in total. The van der Waals surface area contributed by atoms with Gasteiger partial charge in [-0.25, -0.2) is 10.2 Å². The summed E-state index contributed by atoms with van der Waals surface area (Å²) in [6.07, 6.45) is 0. The third-order valence-corrected chi connectivity index (χ3v) is 4.52. The van der Waals surface area contributed by atoms with Gasteiger partial charge in [0.2, 0.25) is 0 Å². The van der Waals surface area contributed by atoms with Gasteiger partial charge in [0.05, 0.1) is 13.8 Å². The van der Waals surface area contributed by atoms with Crippen LogP contribution in [0.5, 0.6) is 0 Å². The van der Waals surface area contributed by atoms with E-state index in [1.165, 1.54) is 5.19 Å². The summed E-state index contributed by atoms with van der Waals surface area (Å²) in [5, 5.41) is 5.29. The molecule has 0 aliphatic carbocycles. The molecule has 0 atom stereocenters. The zero-order chi connectivity index (χ0) is 13.1. The molecule has 2 amide bonds. The predicted molar refractivity (Wildman–Crippen MR) is 74.4 cm³/mol. The number of primary amides is 1. The van der Waals surface area contributed by atoms with Crippen molar-refractivity contribution >= 4 is 25.0 Å². The number of hydrogen-bond acceptors (Lipinski definition) is 2. The maximum atomic E-state index is 10.6. The second kappa shape index (κ2) is 5.14. The molecule has 4 nitrogen and oxygen atoms in total. The van der Waals surface area contributed by atoms with Crippen molar-refractivity contribution in [1.29, 1.82) is 0 Å². The second-order valence-electron chi connectivity index (χ2n) is 5.00. The van der Waals surface area contributed by atoms with Crippen LogP contribution in [0.1, 0.15) is 12.5 Å². The highest BCUT2D eigenvalue weighted by Gasteiger charge is 2.16. The van der Waals surface area contributed by atoms with Gasteiger partial charge in [-0.15, -0.1) is 0 Å². The number of hydrazone groups is 1. The molecule has 1 aromatic carbocycles. The summed E-state index contributed by atoms with van der Waals surface area (Å²) < 4.78 is 0. The fraction of sp³-hybridized carbons (Fsp3) is 0.333. The third-order valence-electron chi connectivity index (χ3n) is 2.48. The molecule has 92 valence electrons. The van der Waals surface area contributed by atoms with E-state index < -0.39 is 14.1 Å². The zero-order valence-electron chi connectivity index (χ0n) is 10.7. The van der Waals surface area contributed by atoms with Crippen molar-refractivity contribution in [3.05, 3.63) is 29.8 Å². The molecular weight excluding hydrogens is 230 g/mol. The predicted octanol–water partition coefficient (Wildman–Crippen LogP) is 1.62. The second-order valence-corrected chi connectivity index (χ2v) is 10.1. The SMILES string of the molecule is CC(=NNC(N)=O)c1cccc([Si](C)(C)C)c1. The highest BCUT2D eigenvalue weighted by molar-refractivity contribution is 6.88. The maximum Gasteiger partial charge on any atom is 0.332 e. The van der Waals surface area contributed by atoms with Crippen molar-refractivity contribution < 1.29 is 4.79 Å². The molecule has 0 aliphatic rings. The van der Waals surface area contributed by atoms with Crippen LogP contribution < -0.4 is 16.3 Å². The Bertz CT molecular complexity index is 449. The van der Waals surface area contributed by atoms with Gasteiger partial charge in [0.15, 0.2) is 0 Å². The largest absolute Gasteiger partial charge is 0.350 e. The molecule has 0 unspecified atom stereocenters.